The van der Waals surface area contributed by atoms with Crippen molar-refractivity contribution in [2.45, 2.75) is 31.8 Å². The second-order valence-electron chi connectivity index (χ2n) is 6.99. The molecule has 4 rings (SSSR count). The van der Waals surface area contributed by atoms with Crippen LogP contribution < -0.4 is 10.2 Å². The fourth-order valence-electron chi connectivity index (χ4n) is 3.92. The van der Waals surface area contributed by atoms with E-state index < -0.39 is 0 Å². The lowest BCUT2D eigenvalue weighted by molar-refractivity contribution is 0.0661. The molecule has 5 nitrogen and oxygen atoms in total. The monoisotopic (exact) mass is 349 g/mol. The molecule has 1 N–H and O–H groups in total. The molecule has 2 amide bonds. The van der Waals surface area contributed by atoms with Crippen LogP contribution in [0.15, 0.2) is 48.5 Å². The number of benzene rings is 2. The first-order valence-corrected chi connectivity index (χ1v) is 9.19. The van der Waals surface area contributed by atoms with Crippen LogP contribution in [0.1, 0.15) is 46.4 Å². The van der Waals surface area contributed by atoms with Gasteiger partial charge in [0.15, 0.2) is 0 Å². The predicted octanol–water partition coefficient (Wildman–Crippen LogP) is 3.73. The third-order valence-electron chi connectivity index (χ3n) is 5.33. The third kappa shape index (κ3) is 2.94. The summed E-state index contributed by atoms with van der Waals surface area (Å²) in [6.45, 7) is 0.809. The van der Waals surface area contributed by atoms with E-state index in [0.717, 1.165) is 43.6 Å². The highest BCUT2D eigenvalue weighted by atomic mass is 16.2. The fraction of sp³-hybridized carbons (Fsp3) is 0.333. The highest BCUT2D eigenvalue weighted by Gasteiger charge is 2.36. The second kappa shape index (κ2) is 6.83. The quantitative estimate of drug-likeness (QED) is 0.899. The standard InChI is InChI=1S/C21H23N3O2/c1-23-18-14-15(20(25)22-16-8-4-2-5-9-16)11-12-17(18)21(26)24-13-7-3-6-10-19(23)24/h2,4-5,8-9,11-12,14,19H,3,6-7,10,13H2,1H3,(H,22,25)/t19-/m0/s1. The van der Waals surface area contributed by atoms with E-state index in [4.69, 9.17) is 0 Å². The number of hydrogen-bond donors (Lipinski definition) is 1. The van der Waals surface area contributed by atoms with Crippen LogP contribution in [0.2, 0.25) is 0 Å². The molecule has 0 aliphatic carbocycles. The van der Waals surface area contributed by atoms with Crippen LogP contribution in [-0.4, -0.2) is 36.5 Å². The van der Waals surface area contributed by atoms with Gasteiger partial charge in [-0.2, -0.15) is 0 Å². The maximum Gasteiger partial charge on any atom is 0.257 e. The smallest absolute Gasteiger partial charge is 0.257 e. The Balaban J connectivity index is 1.64. The lowest BCUT2D eigenvalue weighted by Gasteiger charge is -2.43. The summed E-state index contributed by atoms with van der Waals surface area (Å²) in [4.78, 5) is 29.7. The molecule has 0 spiro atoms. The molecule has 5 heteroatoms. The lowest BCUT2D eigenvalue weighted by atomic mass is 10.0. The molecule has 2 aromatic carbocycles. The van der Waals surface area contributed by atoms with Gasteiger partial charge in [0.1, 0.15) is 6.17 Å². The molecule has 0 saturated carbocycles. The average molecular weight is 349 g/mol. The Labute approximate surface area is 153 Å². The van der Waals surface area contributed by atoms with Crippen LogP contribution in [0.3, 0.4) is 0 Å². The number of fused-ring (bicyclic) bond motifs is 2. The number of para-hydroxylation sites is 1. The molecule has 0 aromatic heterocycles. The van der Waals surface area contributed by atoms with Gasteiger partial charge >= 0.3 is 0 Å². The highest BCUT2D eigenvalue weighted by Crippen LogP contribution is 2.34. The minimum absolute atomic E-state index is 0.0833. The van der Waals surface area contributed by atoms with Crippen LogP contribution in [0.25, 0.3) is 0 Å². The lowest BCUT2D eigenvalue weighted by Crippen LogP contribution is -2.53. The molecular formula is C21H23N3O2. The van der Waals surface area contributed by atoms with E-state index in [-0.39, 0.29) is 18.0 Å². The first kappa shape index (κ1) is 16.6. The van der Waals surface area contributed by atoms with E-state index in [0.29, 0.717) is 11.1 Å². The molecule has 0 radical (unpaired) electrons. The van der Waals surface area contributed by atoms with E-state index in [1.165, 1.54) is 0 Å². The number of rotatable bonds is 2. The van der Waals surface area contributed by atoms with Gasteiger partial charge in [-0.15, -0.1) is 0 Å². The van der Waals surface area contributed by atoms with Crippen LogP contribution >= 0.6 is 0 Å². The van der Waals surface area contributed by atoms with E-state index >= 15 is 0 Å². The van der Waals surface area contributed by atoms with Crippen molar-refractivity contribution in [3.8, 4) is 0 Å². The van der Waals surface area contributed by atoms with Gasteiger partial charge in [0.05, 0.1) is 11.3 Å². The molecule has 26 heavy (non-hydrogen) atoms. The Morgan fingerprint density at radius 3 is 2.69 bits per heavy atom. The van der Waals surface area contributed by atoms with E-state index in [2.05, 4.69) is 10.2 Å². The summed E-state index contributed by atoms with van der Waals surface area (Å²) in [6.07, 6.45) is 4.41. The Hall–Kier alpha value is -2.82. The molecule has 1 atom stereocenters. The van der Waals surface area contributed by atoms with Crippen molar-refractivity contribution in [2.75, 3.05) is 23.8 Å². The zero-order chi connectivity index (χ0) is 18.1. The van der Waals surface area contributed by atoms with Crippen molar-refractivity contribution < 1.29 is 9.59 Å². The molecule has 134 valence electrons. The summed E-state index contributed by atoms with van der Waals surface area (Å²) in [7, 11) is 2.02. The van der Waals surface area contributed by atoms with Gasteiger partial charge < -0.3 is 15.1 Å². The minimum Gasteiger partial charge on any atom is -0.354 e. The Morgan fingerprint density at radius 2 is 1.88 bits per heavy atom. The summed E-state index contributed by atoms with van der Waals surface area (Å²) in [5, 5.41) is 2.90. The summed E-state index contributed by atoms with van der Waals surface area (Å²) >= 11 is 0. The van der Waals surface area contributed by atoms with Crippen LogP contribution in [0.4, 0.5) is 11.4 Å². The molecule has 2 aromatic rings. The second-order valence-corrected chi connectivity index (χ2v) is 6.99. The maximum atomic E-state index is 12.9. The molecule has 1 fully saturated rings. The van der Waals surface area contributed by atoms with Crippen LogP contribution in [-0.2, 0) is 0 Å². The molecule has 0 bridgehead atoms. The van der Waals surface area contributed by atoms with Gasteiger partial charge in [-0.05, 0) is 49.6 Å². The van der Waals surface area contributed by atoms with Gasteiger partial charge in [0.2, 0.25) is 0 Å². The van der Waals surface area contributed by atoms with Crippen molar-refractivity contribution in [3.63, 3.8) is 0 Å². The summed E-state index contributed by atoms with van der Waals surface area (Å²) in [5.74, 6) is -0.0804. The maximum absolute atomic E-state index is 12.9. The molecular weight excluding hydrogens is 326 g/mol. The number of carbonyl (C=O) groups excluding carboxylic acids is 2. The summed E-state index contributed by atoms with van der Waals surface area (Å²) in [6, 6.07) is 14.8. The topological polar surface area (TPSA) is 52.7 Å². The number of amides is 2. The largest absolute Gasteiger partial charge is 0.354 e. The number of nitrogens with zero attached hydrogens (tertiary/aromatic N) is 2. The first-order chi connectivity index (χ1) is 12.6. The van der Waals surface area contributed by atoms with Crippen molar-refractivity contribution in [1.29, 1.82) is 0 Å². The zero-order valence-electron chi connectivity index (χ0n) is 14.9. The van der Waals surface area contributed by atoms with E-state index in [9.17, 15) is 9.59 Å². The number of carbonyl (C=O) groups is 2. The van der Waals surface area contributed by atoms with Gasteiger partial charge in [-0.1, -0.05) is 24.6 Å². The van der Waals surface area contributed by atoms with Gasteiger partial charge in [-0.3, -0.25) is 9.59 Å². The molecule has 2 aliphatic rings. The Bertz CT molecular complexity index is 834. The zero-order valence-corrected chi connectivity index (χ0v) is 14.9. The predicted molar refractivity (Wildman–Crippen MR) is 103 cm³/mol. The first-order valence-electron chi connectivity index (χ1n) is 9.19. The highest BCUT2D eigenvalue weighted by molar-refractivity contribution is 6.08. The SMILES string of the molecule is CN1c2cc(C(=O)Nc3ccccc3)ccc2C(=O)N2CCCCC[C@H]21. The van der Waals surface area contributed by atoms with Gasteiger partial charge in [0.25, 0.3) is 11.8 Å². The number of nitrogens with one attached hydrogen (secondary N) is 1. The third-order valence-corrected chi connectivity index (χ3v) is 5.33. The molecule has 2 heterocycles. The van der Waals surface area contributed by atoms with Crippen molar-refractivity contribution in [3.05, 3.63) is 59.7 Å². The minimum atomic E-state index is -0.164. The van der Waals surface area contributed by atoms with E-state index in [1.54, 1.807) is 12.1 Å². The average Bonchev–Trinajstić information content (AvgIpc) is 2.93. The normalized spacial score (nSPS) is 19.4. The summed E-state index contributed by atoms with van der Waals surface area (Å²) < 4.78 is 0. The molecule has 1 saturated heterocycles. The fourth-order valence-corrected chi connectivity index (χ4v) is 3.92. The Morgan fingerprint density at radius 1 is 1.08 bits per heavy atom. The molecule has 0 unspecified atom stereocenters. The van der Waals surface area contributed by atoms with Gasteiger partial charge in [0, 0.05) is 24.8 Å². The van der Waals surface area contributed by atoms with Gasteiger partial charge in [-0.25, -0.2) is 0 Å². The van der Waals surface area contributed by atoms with Crippen LogP contribution in [0, 0.1) is 0 Å². The number of hydrogen-bond acceptors (Lipinski definition) is 3. The van der Waals surface area contributed by atoms with Crippen LogP contribution in [0.5, 0.6) is 0 Å². The van der Waals surface area contributed by atoms with Crippen molar-refractivity contribution >= 4 is 23.2 Å². The van der Waals surface area contributed by atoms with Crippen molar-refractivity contribution in [2.24, 2.45) is 0 Å². The molecule has 2 aliphatic heterocycles. The van der Waals surface area contributed by atoms with Crippen molar-refractivity contribution in [1.82, 2.24) is 4.90 Å². The summed E-state index contributed by atoms with van der Waals surface area (Å²) in [5.41, 5.74) is 2.85. The number of anilines is 2. The Kier molecular flexibility index (Phi) is 4.37. The van der Waals surface area contributed by atoms with E-state index in [1.807, 2.05) is 48.3 Å².